The lowest BCUT2D eigenvalue weighted by Crippen LogP contribution is -2.27. The van der Waals surface area contributed by atoms with Crippen molar-refractivity contribution >= 4 is 9.68 Å². The molecular weight excluding hydrogens is 154 g/mol. The van der Waals surface area contributed by atoms with Crippen LogP contribution >= 0.6 is 0 Å². The van der Waals surface area contributed by atoms with Crippen LogP contribution in [0.1, 0.15) is 20.3 Å². The van der Waals surface area contributed by atoms with Crippen molar-refractivity contribution in [2.24, 2.45) is 0 Å². The highest BCUT2D eigenvalue weighted by molar-refractivity contribution is 6.41. The first kappa shape index (κ1) is 8.97. The third kappa shape index (κ3) is 2.77. The molecule has 0 saturated carbocycles. The Morgan fingerprint density at radius 3 is 2.91 bits per heavy atom. The molecule has 11 heavy (non-hydrogen) atoms. The first-order valence-electron chi connectivity index (χ1n) is 4.24. The number of allylic oxidation sites excluding steroid dienone is 2. The summed E-state index contributed by atoms with van der Waals surface area (Å²) < 4.78 is 2.43. The lowest BCUT2D eigenvalue weighted by Gasteiger charge is -2.13. The van der Waals surface area contributed by atoms with E-state index in [-0.39, 0.29) is 15.8 Å². The smallest absolute Gasteiger partial charge is 0.122 e. The Hall–Kier alpha value is -0.123. The third-order valence-corrected chi connectivity index (χ3v) is 4.14. The summed E-state index contributed by atoms with van der Waals surface area (Å²) in [4.78, 5) is 0. The van der Waals surface area contributed by atoms with Gasteiger partial charge >= 0.3 is 0 Å². The van der Waals surface area contributed by atoms with Crippen molar-refractivity contribution in [3.63, 3.8) is 0 Å². The van der Waals surface area contributed by atoms with E-state index in [1.165, 1.54) is 5.20 Å². The Morgan fingerprint density at radius 2 is 2.45 bits per heavy atom. The highest BCUT2D eigenvalue weighted by Crippen LogP contribution is 2.08. The largest absolute Gasteiger partial charge is 0.392 e. The summed E-state index contributed by atoms with van der Waals surface area (Å²) in [5.41, 5.74) is 0. The molecule has 0 radical (unpaired) electrons. The predicted molar refractivity (Wildman–Crippen MR) is 50.2 cm³/mol. The van der Waals surface area contributed by atoms with Crippen LogP contribution in [0.5, 0.6) is 0 Å². The predicted octanol–water partition coefficient (Wildman–Crippen LogP) is 0.0605. The minimum absolute atomic E-state index is 0.0489. The summed E-state index contributed by atoms with van der Waals surface area (Å²) in [6.45, 7) is 6.31. The summed E-state index contributed by atoms with van der Waals surface area (Å²) in [6, 6.07) is 0. The van der Waals surface area contributed by atoms with Gasteiger partial charge in [-0.25, -0.2) is 0 Å². The number of aliphatic hydroxyl groups is 1. The van der Waals surface area contributed by atoms with E-state index in [9.17, 15) is 5.11 Å². The van der Waals surface area contributed by atoms with E-state index in [4.69, 9.17) is 0 Å². The molecule has 0 aromatic heterocycles. The van der Waals surface area contributed by atoms with Gasteiger partial charge in [-0.15, -0.1) is 0 Å². The Morgan fingerprint density at radius 1 is 1.73 bits per heavy atom. The normalized spacial score (nSPS) is 29.0. The van der Waals surface area contributed by atoms with E-state index >= 15 is 0 Å². The number of β-amino-alcohol motifs (C(OH)–C–C–N with tert-alkyl or cyclic N) is 1. The molecule has 1 rings (SSSR count). The van der Waals surface area contributed by atoms with E-state index < -0.39 is 0 Å². The molecule has 1 aliphatic rings. The van der Waals surface area contributed by atoms with Gasteiger partial charge in [0.25, 0.3) is 0 Å². The van der Waals surface area contributed by atoms with Crippen LogP contribution in [0.3, 0.4) is 0 Å². The zero-order chi connectivity index (χ0) is 8.27. The molecule has 1 atom stereocenters. The topological polar surface area (TPSA) is 23.5 Å². The molecule has 1 saturated heterocycles. The summed E-state index contributed by atoms with van der Waals surface area (Å²) >= 11 is 0. The van der Waals surface area contributed by atoms with E-state index in [2.05, 4.69) is 24.5 Å². The monoisotopic (exact) mass is 171 g/mol. The molecule has 0 aromatic rings. The number of hydrogen-bond donors (Lipinski definition) is 1. The molecule has 1 aliphatic heterocycles. The van der Waals surface area contributed by atoms with Crippen LogP contribution in [0.25, 0.3) is 0 Å². The standard InChI is InChI=1S/C8H17NOSi/c1-3-7(2)11-9-5-4-8(10)6-9/h3,8,10H,4-6,11H2,1-2H3. The highest BCUT2D eigenvalue weighted by Gasteiger charge is 2.19. The van der Waals surface area contributed by atoms with Crippen molar-refractivity contribution in [3.05, 3.63) is 11.3 Å². The maximum Gasteiger partial charge on any atom is 0.122 e. The molecule has 1 fully saturated rings. The van der Waals surface area contributed by atoms with Gasteiger partial charge in [-0.1, -0.05) is 11.3 Å². The maximum atomic E-state index is 9.25. The second-order valence-electron chi connectivity index (χ2n) is 3.31. The Balaban J connectivity index is 2.28. The van der Waals surface area contributed by atoms with Crippen molar-refractivity contribution < 1.29 is 5.11 Å². The van der Waals surface area contributed by atoms with Crippen molar-refractivity contribution in [1.29, 1.82) is 0 Å². The summed E-state index contributed by atoms with van der Waals surface area (Å²) in [5, 5.41) is 10.8. The Bertz CT molecular complexity index is 158. The van der Waals surface area contributed by atoms with E-state index in [1.807, 2.05) is 0 Å². The molecule has 1 unspecified atom stereocenters. The molecule has 0 aromatic carbocycles. The van der Waals surface area contributed by atoms with Crippen LogP contribution in [-0.2, 0) is 0 Å². The van der Waals surface area contributed by atoms with Crippen molar-refractivity contribution in [1.82, 2.24) is 4.57 Å². The van der Waals surface area contributed by atoms with Crippen LogP contribution in [0.4, 0.5) is 0 Å². The summed E-state index contributed by atoms with van der Waals surface area (Å²) in [6.07, 6.45) is 3.12. The van der Waals surface area contributed by atoms with Crippen LogP contribution in [-0.4, -0.2) is 38.5 Å². The van der Waals surface area contributed by atoms with Crippen molar-refractivity contribution in [2.75, 3.05) is 13.1 Å². The zero-order valence-electron chi connectivity index (χ0n) is 7.38. The van der Waals surface area contributed by atoms with Gasteiger partial charge in [0, 0.05) is 6.54 Å². The van der Waals surface area contributed by atoms with Gasteiger partial charge in [-0.2, -0.15) is 0 Å². The lowest BCUT2D eigenvalue weighted by molar-refractivity contribution is 0.189. The quantitative estimate of drug-likeness (QED) is 0.594. The summed E-state index contributed by atoms with van der Waals surface area (Å²) in [5.74, 6) is 0. The lowest BCUT2D eigenvalue weighted by atomic mass is 10.3. The molecule has 0 amide bonds. The van der Waals surface area contributed by atoms with E-state index in [0.29, 0.717) is 0 Å². The van der Waals surface area contributed by atoms with Gasteiger partial charge in [0.05, 0.1) is 6.10 Å². The van der Waals surface area contributed by atoms with Gasteiger partial charge in [-0.05, 0) is 26.8 Å². The fourth-order valence-corrected chi connectivity index (χ4v) is 3.06. The van der Waals surface area contributed by atoms with Gasteiger partial charge in [0.15, 0.2) is 0 Å². The van der Waals surface area contributed by atoms with Crippen LogP contribution in [0.15, 0.2) is 11.3 Å². The second-order valence-corrected chi connectivity index (χ2v) is 5.64. The van der Waals surface area contributed by atoms with Crippen molar-refractivity contribution in [2.45, 2.75) is 26.4 Å². The molecule has 3 heteroatoms. The maximum absolute atomic E-state index is 9.25. The first-order valence-corrected chi connectivity index (χ1v) is 5.58. The van der Waals surface area contributed by atoms with Crippen LogP contribution in [0.2, 0.25) is 0 Å². The van der Waals surface area contributed by atoms with E-state index in [1.54, 1.807) is 0 Å². The average molecular weight is 171 g/mol. The van der Waals surface area contributed by atoms with E-state index in [0.717, 1.165) is 19.5 Å². The molecular formula is C8H17NOSi. The van der Waals surface area contributed by atoms with Crippen molar-refractivity contribution in [3.8, 4) is 0 Å². The van der Waals surface area contributed by atoms with Gasteiger partial charge in [0.2, 0.25) is 0 Å². The molecule has 2 nitrogen and oxygen atoms in total. The molecule has 0 bridgehead atoms. The Kier molecular flexibility index (Phi) is 3.30. The average Bonchev–Trinajstić information content (AvgIpc) is 2.35. The van der Waals surface area contributed by atoms with Gasteiger partial charge in [0.1, 0.15) is 9.68 Å². The zero-order valence-corrected chi connectivity index (χ0v) is 8.79. The van der Waals surface area contributed by atoms with Crippen LogP contribution < -0.4 is 0 Å². The first-order chi connectivity index (χ1) is 5.22. The summed E-state index contributed by atoms with van der Waals surface area (Å²) in [7, 11) is -0.185. The minimum Gasteiger partial charge on any atom is -0.392 e. The fourth-order valence-electron chi connectivity index (χ4n) is 1.40. The highest BCUT2D eigenvalue weighted by atomic mass is 28.2. The number of hydrogen-bond acceptors (Lipinski definition) is 2. The number of aliphatic hydroxyl groups excluding tert-OH is 1. The molecule has 1 N–H and O–H groups in total. The molecule has 0 aliphatic carbocycles. The number of nitrogens with zero attached hydrogens (tertiary/aromatic N) is 1. The SMILES string of the molecule is CC=C(C)[SiH2]N1CCC(O)C1. The molecule has 64 valence electrons. The Labute approximate surface area is 70.8 Å². The van der Waals surface area contributed by atoms with Gasteiger partial charge in [-0.3, -0.25) is 0 Å². The second kappa shape index (κ2) is 4.04. The molecule has 0 spiro atoms. The molecule has 1 heterocycles. The number of rotatable bonds is 2. The van der Waals surface area contributed by atoms with Crippen LogP contribution in [0, 0.1) is 0 Å². The van der Waals surface area contributed by atoms with Gasteiger partial charge < -0.3 is 9.67 Å². The third-order valence-electron chi connectivity index (χ3n) is 2.21. The fraction of sp³-hybridized carbons (Fsp3) is 0.750. The minimum atomic E-state index is -0.185.